The van der Waals surface area contributed by atoms with Gasteiger partial charge in [-0.1, -0.05) is 6.07 Å². The Bertz CT molecular complexity index is 1460. The van der Waals surface area contributed by atoms with Gasteiger partial charge in [0.15, 0.2) is 5.65 Å². The minimum atomic E-state index is -4.46. The molecule has 2 amide bonds. The molecule has 43 heavy (non-hydrogen) atoms. The summed E-state index contributed by atoms with van der Waals surface area (Å²) in [6.45, 7) is 0. The first-order chi connectivity index (χ1) is 20.3. The highest BCUT2D eigenvalue weighted by atomic mass is 19.4. The number of imidazole rings is 1. The molecule has 0 radical (unpaired) electrons. The van der Waals surface area contributed by atoms with Crippen molar-refractivity contribution >= 4 is 17.5 Å². The summed E-state index contributed by atoms with van der Waals surface area (Å²) in [4.78, 5) is 33.7. The summed E-state index contributed by atoms with van der Waals surface area (Å²) in [5, 5.41) is 9.76. The van der Waals surface area contributed by atoms with E-state index in [-0.39, 0.29) is 24.5 Å². The van der Waals surface area contributed by atoms with Gasteiger partial charge in [-0.05, 0) is 61.3 Å². The van der Waals surface area contributed by atoms with Gasteiger partial charge < -0.3 is 10.6 Å². The lowest BCUT2D eigenvalue weighted by atomic mass is 9.81. The molecule has 3 aromatic heterocycles. The maximum absolute atomic E-state index is 14.0. The fourth-order valence-corrected chi connectivity index (χ4v) is 5.38. The number of alkyl halides is 7. The summed E-state index contributed by atoms with van der Waals surface area (Å²) in [6, 6.07) is 3.82. The van der Waals surface area contributed by atoms with Gasteiger partial charge in [0.1, 0.15) is 11.4 Å². The Kier molecular flexibility index (Phi) is 8.61. The molecular weight excluding hydrogens is 585 g/mol. The Morgan fingerprint density at radius 1 is 0.977 bits per heavy atom. The zero-order valence-electron chi connectivity index (χ0n) is 22.8. The number of pyridine rings is 1. The second-order valence-electron chi connectivity index (χ2n) is 11.1. The van der Waals surface area contributed by atoms with Crippen LogP contribution in [-0.2, 0) is 4.79 Å². The molecule has 2 aliphatic carbocycles. The van der Waals surface area contributed by atoms with Gasteiger partial charge in [-0.2, -0.15) is 18.3 Å². The van der Waals surface area contributed by atoms with Crippen LogP contribution >= 0.6 is 0 Å². The number of aromatic nitrogens is 4. The molecule has 2 N–H and O–H groups in total. The van der Waals surface area contributed by atoms with E-state index in [9.17, 15) is 40.3 Å². The Morgan fingerprint density at radius 3 is 2.33 bits per heavy atom. The van der Waals surface area contributed by atoms with Crippen LogP contribution in [0.25, 0.3) is 5.65 Å². The maximum Gasteiger partial charge on any atom is 0.389 e. The smallest absolute Gasteiger partial charge is 0.349 e. The molecule has 0 saturated heterocycles. The van der Waals surface area contributed by atoms with Crippen LogP contribution in [0.5, 0.6) is 0 Å². The van der Waals surface area contributed by atoms with Crippen molar-refractivity contribution in [3.63, 3.8) is 0 Å². The van der Waals surface area contributed by atoms with Crippen molar-refractivity contribution in [2.45, 2.75) is 82.0 Å². The lowest BCUT2D eigenvalue weighted by Gasteiger charge is -2.33. The van der Waals surface area contributed by atoms with E-state index in [1.165, 1.54) is 29.0 Å². The number of nitrogens with zero attached hydrogens (tertiary/aromatic N) is 4. The largest absolute Gasteiger partial charge is 0.389 e. The highest BCUT2D eigenvalue weighted by Crippen LogP contribution is 2.43. The Morgan fingerprint density at radius 2 is 1.67 bits per heavy atom. The van der Waals surface area contributed by atoms with E-state index in [2.05, 4.69) is 25.7 Å². The minimum absolute atomic E-state index is 0.0287. The molecule has 2 aliphatic rings. The molecule has 3 heterocycles. The summed E-state index contributed by atoms with van der Waals surface area (Å²) < 4.78 is 93.4. The standard InChI is InChI=1S/C28H29F7N6O2/c29-25(30)18-2-1-3-19(37-18)26(43)40-24(16-6-9-27(31,32)10-7-16)20-14-41-21(38-20)12-17(13-36-41)23(15-4-5-15)39-22(42)8-11-28(33,34)35/h1-3,12-16,23-25H,4-11H2,(H,39,42)(H,40,43)/t23-,24+/m1/s1. The van der Waals surface area contributed by atoms with Crippen LogP contribution in [0, 0.1) is 11.8 Å². The SMILES string of the molecule is O=C(CCC(F)(F)F)N[C@@H](c1cnn2cc([C@@H](NC(=O)c3cccc(C(F)F)n3)C3CCC(F)(F)CC3)nc2c1)C1CC1. The fourth-order valence-electron chi connectivity index (χ4n) is 5.38. The molecule has 232 valence electrons. The van der Waals surface area contributed by atoms with Crippen LogP contribution in [0.1, 0.15) is 97.3 Å². The second-order valence-corrected chi connectivity index (χ2v) is 11.1. The van der Waals surface area contributed by atoms with E-state index in [4.69, 9.17) is 0 Å². The molecule has 0 aromatic carbocycles. The second kappa shape index (κ2) is 12.1. The van der Waals surface area contributed by atoms with Crippen molar-refractivity contribution in [2.75, 3.05) is 0 Å². The molecule has 8 nitrogen and oxygen atoms in total. The van der Waals surface area contributed by atoms with Crippen molar-refractivity contribution in [1.29, 1.82) is 0 Å². The van der Waals surface area contributed by atoms with E-state index in [1.54, 1.807) is 6.07 Å². The van der Waals surface area contributed by atoms with Crippen LogP contribution in [0.3, 0.4) is 0 Å². The van der Waals surface area contributed by atoms with Crippen molar-refractivity contribution in [1.82, 2.24) is 30.2 Å². The number of hydrogen-bond acceptors (Lipinski definition) is 5. The molecule has 3 aromatic rings. The van der Waals surface area contributed by atoms with E-state index in [0.717, 1.165) is 18.9 Å². The number of amides is 2. The van der Waals surface area contributed by atoms with E-state index >= 15 is 0 Å². The van der Waals surface area contributed by atoms with Gasteiger partial charge >= 0.3 is 6.18 Å². The average molecular weight is 615 g/mol. The van der Waals surface area contributed by atoms with E-state index < -0.39 is 79.7 Å². The number of rotatable bonds is 10. The van der Waals surface area contributed by atoms with Gasteiger partial charge in [0.2, 0.25) is 11.8 Å². The lowest BCUT2D eigenvalue weighted by Crippen LogP contribution is -2.37. The van der Waals surface area contributed by atoms with Crippen molar-refractivity contribution < 1.29 is 40.3 Å². The van der Waals surface area contributed by atoms with Crippen LogP contribution in [0.15, 0.2) is 36.7 Å². The number of carbonyl (C=O) groups excluding carboxylic acids is 2. The van der Waals surface area contributed by atoms with Crippen LogP contribution in [0.2, 0.25) is 0 Å². The monoisotopic (exact) mass is 614 g/mol. The van der Waals surface area contributed by atoms with E-state index in [1.807, 2.05) is 0 Å². The molecule has 2 saturated carbocycles. The number of carbonyl (C=O) groups is 2. The Hall–Kier alpha value is -3.78. The molecule has 0 spiro atoms. The first-order valence-electron chi connectivity index (χ1n) is 13.9. The first-order valence-corrected chi connectivity index (χ1v) is 13.9. The quantitative estimate of drug-likeness (QED) is 0.262. The topological polar surface area (TPSA) is 101 Å². The molecule has 2 fully saturated rings. The van der Waals surface area contributed by atoms with Crippen molar-refractivity contribution in [2.24, 2.45) is 11.8 Å². The van der Waals surface area contributed by atoms with Gasteiger partial charge in [-0.25, -0.2) is 32.0 Å². The predicted molar refractivity (Wildman–Crippen MR) is 138 cm³/mol. The minimum Gasteiger partial charge on any atom is -0.349 e. The van der Waals surface area contributed by atoms with Crippen LogP contribution < -0.4 is 10.6 Å². The number of hydrogen-bond donors (Lipinski definition) is 2. The highest BCUT2D eigenvalue weighted by molar-refractivity contribution is 5.92. The zero-order chi connectivity index (χ0) is 30.9. The summed E-state index contributed by atoms with van der Waals surface area (Å²) >= 11 is 0. The molecule has 15 heteroatoms. The normalized spacial score (nSPS) is 18.9. The molecule has 0 bridgehead atoms. The van der Waals surface area contributed by atoms with Crippen molar-refractivity contribution in [3.05, 3.63) is 59.3 Å². The molecule has 0 aliphatic heterocycles. The summed E-state index contributed by atoms with van der Waals surface area (Å²) in [5.41, 5.74) is 0.304. The van der Waals surface area contributed by atoms with Crippen molar-refractivity contribution in [3.8, 4) is 0 Å². The predicted octanol–water partition coefficient (Wildman–Crippen LogP) is 6.27. The number of halogens is 7. The number of nitrogens with one attached hydrogen (secondary N) is 2. The third kappa shape index (κ3) is 7.79. The first kappa shape index (κ1) is 30.7. The molecular formula is C28H29F7N6O2. The third-order valence-corrected chi connectivity index (χ3v) is 7.83. The third-order valence-electron chi connectivity index (χ3n) is 7.83. The maximum atomic E-state index is 14.0. The van der Waals surface area contributed by atoms with Gasteiger partial charge in [0.05, 0.1) is 36.6 Å². The summed E-state index contributed by atoms with van der Waals surface area (Å²) in [6.07, 6.45) is -5.39. The van der Waals surface area contributed by atoms with Gasteiger partial charge in [0, 0.05) is 19.3 Å². The van der Waals surface area contributed by atoms with E-state index in [0.29, 0.717) is 16.9 Å². The molecule has 0 unspecified atom stereocenters. The van der Waals surface area contributed by atoms with Gasteiger partial charge in [-0.15, -0.1) is 0 Å². The Balaban J connectivity index is 1.40. The van der Waals surface area contributed by atoms with Crippen LogP contribution in [0.4, 0.5) is 30.7 Å². The van der Waals surface area contributed by atoms with Gasteiger partial charge in [-0.3, -0.25) is 9.59 Å². The number of fused-ring (bicyclic) bond motifs is 1. The lowest BCUT2D eigenvalue weighted by molar-refractivity contribution is -0.144. The van der Waals surface area contributed by atoms with Crippen LogP contribution in [-0.4, -0.2) is 43.5 Å². The summed E-state index contributed by atoms with van der Waals surface area (Å²) in [5.74, 6) is -4.76. The summed E-state index contributed by atoms with van der Waals surface area (Å²) in [7, 11) is 0. The fraction of sp³-hybridized carbons (Fsp3) is 0.536. The molecule has 2 atom stereocenters. The molecule has 5 rings (SSSR count). The Labute approximate surface area is 241 Å². The highest BCUT2D eigenvalue weighted by Gasteiger charge is 2.40. The average Bonchev–Trinajstić information content (AvgIpc) is 3.71. The van der Waals surface area contributed by atoms with Gasteiger partial charge in [0.25, 0.3) is 12.3 Å². The zero-order valence-corrected chi connectivity index (χ0v) is 22.8.